The van der Waals surface area contributed by atoms with Crippen molar-refractivity contribution < 1.29 is 4.79 Å². The number of carbonyl (C=O) groups excluding carboxylic acids is 1. The van der Waals surface area contributed by atoms with E-state index >= 15 is 0 Å². The predicted molar refractivity (Wildman–Crippen MR) is 63.3 cm³/mol. The molecule has 0 saturated carbocycles. The summed E-state index contributed by atoms with van der Waals surface area (Å²) < 4.78 is 0. The van der Waals surface area contributed by atoms with E-state index in [2.05, 4.69) is 9.88 Å². The minimum atomic E-state index is 0.468. The number of ketones is 1. The van der Waals surface area contributed by atoms with E-state index in [1.165, 1.54) is 24.1 Å². The van der Waals surface area contributed by atoms with Gasteiger partial charge in [-0.25, -0.2) is 0 Å². The lowest BCUT2D eigenvalue weighted by atomic mass is 9.84. The number of rotatable bonds is 2. The van der Waals surface area contributed by atoms with Crippen LogP contribution >= 0.6 is 11.3 Å². The number of thiazole rings is 1. The van der Waals surface area contributed by atoms with Crippen LogP contribution in [0.2, 0.25) is 0 Å². The average Bonchev–Trinajstić information content (AvgIpc) is 2.72. The van der Waals surface area contributed by atoms with Crippen LogP contribution in [-0.2, 0) is 11.3 Å². The number of fused-ring (bicyclic) bond motifs is 2. The highest BCUT2D eigenvalue weighted by Gasteiger charge is 2.37. The molecule has 1 aromatic heterocycles. The smallest absolute Gasteiger partial charge is 0.136 e. The molecule has 3 nitrogen and oxygen atoms in total. The molecule has 2 fully saturated rings. The van der Waals surface area contributed by atoms with Gasteiger partial charge >= 0.3 is 0 Å². The van der Waals surface area contributed by atoms with Crippen molar-refractivity contribution in [2.45, 2.75) is 50.7 Å². The third-order valence-electron chi connectivity index (χ3n) is 3.76. The van der Waals surface area contributed by atoms with Crippen LogP contribution in [0.5, 0.6) is 0 Å². The van der Waals surface area contributed by atoms with Gasteiger partial charge in [-0.15, -0.1) is 11.3 Å². The molecule has 2 aliphatic rings. The number of hydrogen-bond acceptors (Lipinski definition) is 4. The molecule has 4 heteroatoms. The average molecular weight is 236 g/mol. The summed E-state index contributed by atoms with van der Waals surface area (Å²) in [6.07, 6.45) is 7.19. The summed E-state index contributed by atoms with van der Waals surface area (Å²) >= 11 is 1.72. The summed E-state index contributed by atoms with van der Waals surface area (Å²) in [7, 11) is 0. The summed E-state index contributed by atoms with van der Waals surface area (Å²) in [4.78, 5) is 19.6. The molecule has 2 aliphatic heterocycles. The van der Waals surface area contributed by atoms with Crippen LogP contribution in [0.25, 0.3) is 0 Å². The van der Waals surface area contributed by atoms with E-state index in [1.54, 1.807) is 11.3 Å². The van der Waals surface area contributed by atoms with E-state index in [1.807, 2.05) is 11.7 Å². The predicted octanol–water partition coefficient (Wildman–Crippen LogP) is 2.23. The van der Waals surface area contributed by atoms with Crippen molar-refractivity contribution >= 4 is 17.1 Å². The Hall–Kier alpha value is -0.740. The lowest BCUT2D eigenvalue weighted by Crippen LogP contribution is -2.51. The molecule has 1 aromatic rings. The van der Waals surface area contributed by atoms with Gasteiger partial charge in [0.1, 0.15) is 5.78 Å². The van der Waals surface area contributed by atoms with Crippen molar-refractivity contribution in [3.05, 3.63) is 16.6 Å². The number of hydrogen-bond donors (Lipinski definition) is 0. The summed E-state index contributed by atoms with van der Waals surface area (Å²) in [5.74, 6) is 0.468. The van der Waals surface area contributed by atoms with E-state index in [0.717, 1.165) is 19.4 Å². The fourth-order valence-corrected chi connectivity index (χ4v) is 3.63. The molecule has 0 spiro atoms. The van der Waals surface area contributed by atoms with Crippen LogP contribution in [0.3, 0.4) is 0 Å². The number of nitrogens with zero attached hydrogens (tertiary/aromatic N) is 2. The topological polar surface area (TPSA) is 33.2 Å². The van der Waals surface area contributed by atoms with Gasteiger partial charge < -0.3 is 0 Å². The van der Waals surface area contributed by atoms with Gasteiger partial charge in [0.25, 0.3) is 0 Å². The van der Waals surface area contributed by atoms with E-state index in [-0.39, 0.29) is 0 Å². The molecule has 2 saturated heterocycles. The maximum atomic E-state index is 11.6. The molecule has 86 valence electrons. The van der Waals surface area contributed by atoms with Gasteiger partial charge in [0, 0.05) is 42.5 Å². The Morgan fingerprint density at radius 1 is 1.38 bits per heavy atom. The van der Waals surface area contributed by atoms with Crippen molar-refractivity contribution in [2.75, 3.05) is 0 Å². The van der Waals surface area contributed by atoms with Gasteiger partial charge in [0.15, 0.2) is 0 Å². The second kappa shape index (κ2) is 4.26. The third kappa shape index (κ3) is 1.92. The van der Waals surface area contributed by atoms with Gasteiger partial charge in [-0.3, -0.25) is 14.7 Å². The normalized spacial score (nSPS) is 30.6. The Bertz CT molecular complexity index is 360. The van der Waals surface area contributed by atoms with Crippen LogP contribution in [-0.4, -0.2) is 27.8 Å². The highest BCUT2D eigenvalue weighted by molar-refractivity contribution is 7.09. The first kappa shape index (κ1) is 10.4. The van der Waals surface area contributed by atoms with E-state index < -0.39 is 0 Å². The second-order valence-electron chi connectivity index (χ2n) is 4.83. The molecule has 2 unspecified atom stereocenters. The van der Waals surface area contributed by atoms with Crippen LogP contribution < -0.4 is 0 Å². The van der Waals surface area contributed by atoms with E-state index in [4.69, 9.17) is 0 Å². The van der Waals surface area contributed by atoms with Crippen LogP contribution in [0.15, 0.2) is 11.7 Å². The Morgan fingerprint density at radius 3 is 2.75 bits per heavy atom. The maximum Gasteiger partial charge on any atom is 0.136 e. The number of carbonyl (C=O) groups is 1. The summed E-state index contributed by atoms with van der Waals surface area (Å²) in [6.45, 7) is 0.993. The van der Waals surface area contributed by atoms with Crippen LogP contribution in [0.1, 0.15) is 37.0 Å². The number of piperidine rings is 2. The Balaban J connectivity index is 1.76. The maximum absolute atomic E-state index is 11.6. The number of aromatic nitrogens is 1. The van der Waals surface area contributed by atoms with Gasteiger partial charge in [0.2, 0.25) is 0 Å². The van der Waals surface area contributed by atoms with Crippen molar-refractivity contribution in [1.29, 1.82) is 0 Å². The minimum Gasteiger partial charge on any atom is -0.300 e. The van der Waals surface area contributed by atoms with Crippen LogP contribution in [0.4, 0.5) is 0 Å². The summed E-state index contributed by atoms with van der Waals surface area (Å²) in [5.41, 5.74) is 1.89. The molecule has 0 N–H and O–H groups in total. The third-order valence-corrected chi connectivity index (χ3v) is 4.53. The molecule has 0 aromatic carbocycles. The zero-order valence-electron chi connectivity index (χ0n) is 9.26. The van der Waals surface area contributed by atoms with Gasteiger partial charge in [-0.1, -0.05) is 6.42 Å². The minimum absolute atomic E-state index is 0.468. The monoisotopic (exact) mass is 236 g/mol. The fourth-order valence-electron chi connectivity index (χ4n) is 3.02. The summed E-state index contributed by atoms with van der Waals surface area (Å²) in [5, 5.41) is 0. The van der Waals surface area contributed by atoms with Crippen molar-refractivity contribution in [3.8, 4) is 0 Å². The van der Waals surface area contributed by atoms with Crippen molar-refractivity contribution in [1.82, 2.24) is 9.88 Å². The summed E-state index contributed by atoms with van der Waals surface area (Å²) in [6, 6.07) is 1.00. The molecular formula is C12H16N2OS. The molecule has 16 heavy (non-hydrogen) atoms. The molecule has 0 amide bonds. The zero-order valence-corrected chi connectivity index (χ0v) is 10.1. The number of Topliss-reactive ketones (excluding diaryl/α,β-unsaturated/α-hetero) is 1. The molecule has 2 bridgehead atoms. The molecule has 3 rings (SSSR count). The molecule has 2 atom stereocenters. The molecule has 0 aliphatic carbocycles. The fraction of sp³-hybridized carbons (Fsp3) is 0.667. The van der Waals surface area contributed by atoms with E-state index in [9.17, 15) is 4.79 Å². The molecule has 3 heterocycles. The lowest BCUT2D eigenvalue weighted by molar-refractivity contribution is -0.127. The lowest BCUT2D eigenvalue weighted by Gasteiger charge is -2.45. The van der Waals surface area contributed by atoms with Crippen LogP contribution in [0, 0.1) is 0 Å². The van der Waals surface area contributed by atoms with Crippen molar-refractivity contribution in [2.24, 2.45) is 0 Å². The standard InChI is InChI=1S/C12H16N2OS/c15-11-4-9-2-1-3-10(5-11)14(9)7-12-6-13-8-16-12/h6,8-10H,1-5,7H2. The Morgan fingerprint density at radius 2 is 2.12 bits per heavy atom. The first-order valence-electron chi connectivity index (χ1n) is 5.98. The quantitative estimate of drug-likeness (QED) is 0.789. The first-order valence-corrected chi connectivity index (χ1v) is 6.85. The first-order chi connectivity index (χ1) is 7.83. The Kier molecular flexibility index (Phi) is 2.77. The molecule has 0 radical (unpaired) electrons. The SMILES string of the molecule is O=C1CC2CCCC(C1)N2Cc1cncs1. The van der Waals surface area contributed by atoms with Crippen molar-refractivity contribution in [3.63, 3.8) is 0 Å². The van der Waals surface area contributed by atoms with Gasteiger partial charge in [-0.2, -0.15) is 0 Å². The van der Waals surface area contributed by atoms with E-state index in [0.29, 0.717) is 17.9 Å². The highest BCUT2D eigenvalue weighted by Crippen LogP contribution is 2.33. The second-order valence-corrected chi connectivity index (χ2v) is 5.80. The largest absolute Gasteiger partial charge is 0.300 e. The Labute approximate surface area is 99.5 Å². The van der Waals surface area contributed by atoms with Gasteiger partial charge in [0.05, 0.1) is 5.51 Å². The van der Waals surface area contributed by atoms with Gasteiger partial charge in [-0.05, 0) is 12.8 Å². The zero-order chi connectivity index (χ0) is 11.0. The highest BCUT2D eigenvalue weighted by atomic mass is 32.1. The molecular weight excluding hydrogens is 220 g/mol.